The number of rotatable bonds is 2. The summed E-state index contributed by atoms with van der Waals surface area (Å²) < 4.78 is 13.8. The number of nitriles is 1. The number of nitrogens with zero attached hydrogens (tertiary/aromatic N) is 2. The molecule has 0 spiro atoms. The van der Waals surface area contributed by atoms with Gasteiger partial charge in [-0.1, -0.05) is 11.6 Å². The van der Waals surface area contributed by atoms with Gasteiger partial charge in [-0.3, -0.25) is 10.1 Å². The van der Waals surface area contributed by atoms with Gasteiger partial charge in [0.2, 0.25) is 0 Å². The molecule has 0 aliphatic heterocycles. The number of benzene rings is 2. The smallest absolute Gasteiger partial charge is 0.258 e. The lowest BCUT2D eigenvalue weighted by atomic mass is 9.99. The molecule has 0 aliphatic carbocycles. The van der Waals surface area contributed by atoms with E-state index in [-0.39, 0.29) is 21.8 Å². The normalized spacial score (nSPS) is 9.95. The zero-order chi connectivity index (χ0) is 14.0. The molecule has 2 rings (SSSR count). The van der Waals surface area contributed by atoms with E-state index < -0.39 is 10.7 Å². The van der Waals surface area contributed by atoms with Crippen molar-refractivity contribution in [2.24, 2.45) is 0 Å². The molecular weight excluding hydrogens is 271 g/mol. The average Bonchev–Trinajstić information content (AvgIpc) is 2.38. The van der Waals surface area contributed by atoms with Crippen molar-refractivity contribution in [3.8, 4) is 17.2 Å². The molecule has 0 N–H and O–H groups in total. The Morgan fingerprint density at radius 3 is 2.47 bits per heavy atom. The third-order valence-corrected chi connectivity index (χ3v) is 2.79. The molecule has 19 heavy (non-hydrogen) atoms. The van der Waals surface area contributed by atoms with Crippen molar-refractivity contribution >= 4 is 17.3 Å². The highest BCUT2D eigenvalue weighted by molar-refractivity contribution is 6.30. The predicted octanol–water partition coefficient (Wildman–Crippen LogP) is 3.93. The Hall–Kier alpha value is -2.45. The average molecular weight is 277 g/mol. The molecule has 0 saturated carbocycles. The number of hydrogen-bond acceptors (Lipinski definition) is 3. The van der Waals surface area contributed by atoms with Gasteiger partial charge in [0.05, 0.1) is 10.5 Å². The third-order valence-electron chi connectivity index (χ3n) is 2.56. The van der Waals surface area contributed by atoms with Gasteiger partial charge in [-0.25, -0.2) is 4.39 Å². The first-order chi connectivity index (χ1) is 9.02. The fourth-order valence-corrected chi connectivity index (χ4v) is 1.84. The van der Waals surface area contributed by atoms with Crippen LogP contribution in [0.25, 0.3) is 11.1 Å². The van der Waals surface area contributed by atoms with Crippen LogP contribution in [0.5, 0.6) is 0 Å². The molecule has 6 heteroatoms. The first-order valence-electron chi connectivity index (χ1n) is 5.17. The van der Waals surface area contributed by atoms with Crippen LogP contribution in [0, 0.1) is 27.3 Å². The number of non-ortho nitro benzene ring substituents is 1. The third kappa shape index (κ3) is 2.54. The van der Waals surface area contributed by atoms with Crippen LogP contribution in [-0.2, 0) is 0 Å². The predicted molar refractivity (Wildman–Crippen MR) is 68.2 cm³/mol. The van der Waals surface area contributed by atoms with Crippen molar-refractivity contribution in [1.82, 2.24) is 0 Å². The quantitative estimate of drug-likeness (QED) is 0.616. The van der Waals surface area contributed by atoms with Crippen LogP contribution in [0.4, 0.5) is 10.1 Å². The number of halogens is 2. The van der Waals surface area contributed by atoms with Crippen LogP contribution >= 0.6 is 11.6 Å². The van der Waals surface area contributed by atoms with Crippen LogP contribution in [-0.4, -0.2) is 4.92 Å². The zero-order valence-corrected chi connectivity index (χ0v) is 10.2. The number of nitro groups is 1. The number of hydrogen-bond donors (Lipinski definition) is 0. The maximum absolute atomic E-state index is 13.8. The molecule has 2 aromatic carbocycles. The van der Waals surface area contributed by atoms with Crippen LogP contribution in [0.2, 0.25) is 5.02 Å². The fourth-order valence-electron chi connectivity index (χ4n) is 1.68. The second kappa shape index (κ2) is 5.04. The van der Waals surface area contributed by atoms with Gasteiger partial charge >= 0.3 is 0 Å². The minimum absolute atomic E-state index is 0.0374. The minimum atomic E-state index is -0.608. The molecule has 0 amide bonds. The van der Waals surface area contributed by atoms with Gasteiger partial charge in [0, 0.05) is 28.3 Å². The molecule has 0 unspecified atom stereocenters. The summed E-state index contributed by atoms with van der Waals surface area (Å²) in [5, 5.41) is 19.9. The highest BCUT2D eigenvalue weighted by Crippen LogP contribution is 2.30. The van der Waals surface area contributed by atoms with E-state index >= 15 is 0 Å². The van der Waals surface area contributed by atoms with Gasteiger partial charge in [0.1, 0.15) is 11.9 Å². The standard InChI is InChI=1S/C13H6ClFN2O2/c14-9-1-3-12(13(15)6-9)11-4-2-10(17(18)19)5-8(11)7-16/h1-6H. The number of nitro benzene ring substituents is 1. The lowest BCUT2D eigenvalue weighted by Gasteiger charge is -2.06. The Balaban J connectivity index is 2.63. The maximum Gasteiger partial charge on any atom is 0.270 e. The van der Waals surface area contributed by atoms with E-state index in [0.29, 0.717) is 5.56 Å². The minimum Gasteiger partial charge on any atom is -0.258 e. The lowest BCUT2D eigenvalue weighted by molar-refractivity contribution is -0.384. The molecule has 0 bridgehead atoms. The van der Waals surface area contributed by atoms with E-state index in [4.69, 9.17) is 16.9 Å². The van der Waals surface area contributed by atoms with Crippen LogP contribution < -0.4 is 0 Å². The van der Waals surface area contributed by atoms with Crippen LogP contribution in [0.3, 0.4) is 0 Å². The second-order valence-corrected chi connectivity index (χ2v) is 4.16. The SMILES string of the molecule is N#Cc1cc([N+](=O)[O-])ccc1-c1ccc(Cl)cc1F. The van der Waals surface area contributed by atoms with Crippen LogP contribution in [0.1, 0.15) is 5.56 Å². The van der Waals surface area contributed by atoms with Crippen molar-refractivity contribution in [1.29, 1.82) is 5.26 Å². The molecule has 0 atom stereocenters. The summed E-state index contributed by atoms with van der Waals surface area (Å²) >= 11 is 5.65. The van der Waals surface area contributed by atoms with Gasteiger partial charge in [-0.2, -0.15) is 5.26 Å². The molecule has 0 aliphatic rings. The molecule has 2 aromatic rings. The highest BCUT2D eigenvalue weighted by atomic mass is 35.5. The molecule has 0 aromatic heterocycles. The molecule has 0 saturated heterocycles. The van der Waals surface area contributed by atoms with Gasteiger partial charge in [0.15, 0.2) is 0 Å². The maximum atomic E-state index is 13.8. The van der Waals surface area contributed by atoms with E-state index in [0.717, 1.165) is 12.1 Å². The van der Waals surface area contributed by atoms with Gasteiger partial charge in [-0.05, 0) is 24.3 Å². The monoisotopic (exact) mass is 276 g/mol. The highest BCUT2D eigenvalue weighted by Gasteiger charge is 2.14. The molecular formula is C13H6ClFN2O2. The van der Waals surface area contributed by atoms with Crippen LogP contribution in [0.15, 0.2) is 36.4 Å². The fraction of sp³-hybridized carbons (Fsp3) is 0. The van der Waals surface area contributed by atoms with Crippen molar-refractivity contribution in [2.75, 3.05) is 0 Å². The van der Waals surface area contributed by atoms with E-state index in [9.17, 15) is 14.5 Å². The molecule has 4 nitrogen and oxygen atoms in total. The Morgan fingerprint density at radius 2 is 1.89 bits per heavy atom. The zero-order valence-electron chi connectivity index (χ0n) is 9.43. The molecule has 0 heterocycles. The van der Waals surface area contributed by atoms with Crippen molar-refractivity contribution < 1.29 is 9.31 Å². The van der Waals surface area contributed by atoms with E-state index in [1.165, 1.54) is 24.3 Å². The van der Waals surface area contributed by atoms with E-state index in [2.05, 4.69) is 0 Å². The van der Waals surface area contributed by atoms with Gasteiger partial charge in [0.25, 0.3) is 5.69 Å². The first kappa shape index (κ1) is 13.0. The largest absolute Gasteiger partial charge is 0.270 e. The van der Waals surface area contributed by atoms with Crippen molar-refractivity contribution in [2.45, 2.75) is 0 Å². The Bertz CT molecular complexity index is 710. The van der Waals surface area contributed by atoms with Gasteiger partial charge < -0.3 is 0 Å². The summed E-state index contributed by atoms with van der Waals surface area (Å²) in [4.78, 5) is 10.0. The van der Waals surface area contributed by atoms with E-state index in [1.54, 1.807) is 0 Å². The lowest BCUT2D eigenvalue weighted by Crippen LogP contribution is -1.92. The molecule has 0 radical (unpaired) electrons. The molecule has 0 fully saturated rings. The Labute approximate surface area is 112 Å². The molecule has 94 valence electrons. The summed E-state index contributed by atoms with van der Waals surface area (Å²) in [5.74, 6) is -0.585. The Morgan fingerprint density at radius 1 is 1.21 bits per heavy atom. The second-order valence-electron chi connectivity index (χ2n) is 3.72. The van der Waals surface area contributed by atoms with E-state index in [1.807, 2.05) is 6.07 Å². The Kier molecular flexibility index (Phi) is 3.45. The van der Waals surface area contributed by atoms with Crippen molar-refractivity contribution in [3.63, 3.8) is 0 Å². The summed E-state index contributed by atoms with van der Waals surface area (Å²) in [6.45, 7) is 0. The summed E-state index contributed by atoms with van der Waals surface area (Å²) in [5.41, 5.74) is 0.295. The van der Waals surface area contributed by atoms with Crippen molar-refractivity contribution in [3.05, 3.63) is 62.9 Å². The summed E-state index contributed by atoms with van der Waals surface area (Å²) in [6, 6.07) is 9.56. The topological polar surface area (TPSA) is 66.9 Å². The summed E-state index contributed by atoms with van der Waals surface area (Å²) in [7, 11) is 0. The van der Waals surface area contributed by atoms with Gasteiger partial charge in [-0.15, -0.1) is 0 Å². The summed E-state index contributed by atoms with van der Waals surface area (Å²) in [6.07, 6.45) is 0. The first-order valence-corrected chi connectivity index (χ1v) is 5.54.